The third-order valence-corrected chi connectivity index (χ3v) is 2.52. The minimum Gasteiger partial charge on any atom is -0.504 e. The Kier molecular flexibility index (Phi) is 3.58. The van der Waals surface area contributed by atoms with E-state index >= 15 is 0 Å². The van der Waals surface area contributed by atoms with Gasteiger partial charge in [-0.2, -0.15) is 0 Å². The largest absolute Gasteiger partial charge is 0.504 e. The average Bonchev–Trinajstić information content (AvgIpc) is 2.18. The predicted octanol–water partition coefficient (Wildman–Crippen LogP) is 2.65. The zero-order valence-electron chi connectivity index (χ0n) is 9.95. The van der Waals surface area contributed by atoms with E-state index in [1.165, 1.54) is 12.1 Å². The number of ketones is 1. The van der Waals surface area contributed by atoms with Crippen molar-refractivity contribution in [2.24, 2.45) is 5.41 Å². The number of hydrogen-bond acceptors (Lipinski definition) is 3. The highest BCUT2D eigenvalue weighted by Gasteiger charge is 2.20. The van der Waals surface area contributed by atoms with E-state index in [-0.39, 0.29) is 22.7 Å². The Morgan fingerprint density at radius 2 is 1.81 bits per heavy atom. The molecule has 0 bridgehead atoms. The molecule has 0 spiro atoms. The summed E-state index contributed by atoms with van der Waals surface area (Å²) in [5, 5.41) is 18.4. The van der Waals surface area contributed by atoms with Crippen LogP contribution in [-0.4, -0.2) is 16.0 Å². The topological polar surface area (TPSA) is 57.5 Å². The fourth-order valence-electron chi connectivity index (χ4n) is 1.36. The van der Waals surface area contributed by atoms with Crippen LogP contribution in [0.2, 0.25) is 0 Å². The molecule has 0 heterocycles. The Bertz CT molecular complexity index is 389. The lowest BCUT2D eigenvalue weighted by Gasteiger charge is -2.16. The number of hydrogen-bond donors (Lipinski definition) is 2. The molecule has 0 saturated carbocycles. The van der Waals surface area contributed by atoms with Gasteiger partial charge in [0.05, 0.1) is 0 Å². The van der Waals surface area contributed by atoms with Crippen molar-refractivity contribution in [2.75, 3.05) is 0 Å². The third kappa shape index (κ3) is 3.26. The molecule has 1 aromatic rings. The summed E-state index contributed by atoms with van der Waals surface area (Å²) < 4.78 is 0. The van der Waals surface area contributed by atoms with Gasteiger partial charge in [-0.1, -0.05) is 26.8 Å². The van der Waals surface area contributed by atoms with E-state index in [9.17, 15) is 9.90 Å². The van der Waals surface area contributed by atoms with Crippen molar-refractivity contribution < 1.29 is 15.0 Å². The number of aromatic hydroxyl groups is 2. The van der Waals surface area contributed by atoms with E-state index < -0.39 is 0 Å². The molecular formula is C13H18O3. The van der Waals surface area contributed by atoms with E-state index in [1.54, 1.807) is 6.07 Å². The Hall–Kier alpha value is -1.51. The molecule has 0 saturated heterocycles. The van der Waals surface area contributed by atoms with Crippen molar-refractivity contribution in [3.63, 3.8) is 0 Å². The van der Waals surface area contributed by atoms with Gasteiger partial charge in [0.25, 0.3) is 0 Å². The predicted molar refractivity (Wildman–Crippen MR) is 62.6 cm³/mol. The fraction of sp³-hybridized carbons (Fsp3) is 0.462. The third-order valence-electron chi connectivity index (χ3n) is 2.52. The molecule has 0 unspecified atom stereocenters. The Labute approximate surface area is 95.7 Å². The second-order valence-electron chi connectivity index (χ2n) is 5.00. The quantitative estimate of drug-likeness (QED) is 0.773. The van der Waals surface area contributed by atoms with Gasteiger partial charge in [0.1, 0.15) is 5.78 Å². The number of carbonyl (C=O) groups excluding carboxylic acids is 1. The van der Waals surface area contributed by atoms with Crippen molar-refractivity contribution in [1.29, 1.82) is 0 Å². The van der Waals surface area contributed by atoms with Crippen molar-refractivity contribution >= 4 is 5.78 Å². The number of aryl methyl sites for hydroxylation is 1. The number of Topliss-reactive ketones (excluding diaryl/α,β-unsaturated/α-hetero) is 1. The van der Waals surface area contributed by atoms with Crippen molar-refractivity contribution in [2.45, 2.75) is 33.6 Å². The van der Waals surface area contributed by atoms with Gasteiger partial charge in [-0.25, -0.2) is 0 Å². The van der Waals surface area contributed by atoms with Crippen LogP contribution < -0.4 is 0 Å². The molecule has 0 amide bonds. The number of carbonyl (C=O) groups is 1. The summed E-state index contributed by atoms with van der Waals surface area (Å²) in [7, 11) is 0. The lowest BCUT2D eigenvalue weighted by atomic mass is 9.87. The van der Waals surface area contributed by atoms with Crippen LogP contribution in [0.5, 0.6) is 11.5 Å². The monoisotopic (exact) mass is 222 g/mol. The SMILES string of the molecule is CC(C)(C)C(=O)CCc1ccc(O)c(O)c1. The molecule has 3 heteroatoms. The summed E-state index contributed by atoms with van der Waals surface area (Å²) in [6, 6.07) is 4.64. The normalized spacial score (nSPS) is 11.4. The zero-order chi connectivity index (χ0) is 12.3. The Morgan fingerprint density at radius 1 is 1.19 bits per heavy atom. The lowest BCUT2D eigenvalue weighted by molar-refractivity contribution is -0.126. The van der Waals surface area contributed by atoms with Gasteiger partial charge in [0.2, 0.25) is 0 Å². The van der Waals surface area contributed by atoms with Crippen LogP contribution in [0, 0.1) is 5.41 Å². The van der Waals surface area contributed by atoms with E-state index in [2.05, 4.69) is 0 Å². The van der Waals surface area contributed by atoms with Gasteiger partial charge in [-0.15, -0.1) is 0 Å². The number of phenols is 2. The maximum atomic E-state index is 11.7. The van der Waals surface area contributed by atoms with E-state index in [0.717, 1.165) is 5.56 Å². The van der Waals surface area contributed by atoms with Crippen LogP contribution in [0.15, 0.2) is 18.2 Å². The summed E-state index contributed by atoms with van der Waals surface area (Å²) in [5.74, 6) is -0.0772. The van der Waals surface area contributed by atoms with Gasteiger partial charge in [0, 0.05) is 11.8 Å². The molecule has 1 aromatic carbocycles. The maximum Gasteiger partial charge on any atom is 0.157 e. The molecule has 88 valence electrons. The van der Waals surface area contributed by atoms with Crippen molar-refractivity contribution in [1.82, 2.24) is 0 Å². The smallest absolute Gasteiger partial charge is 0.157 e. The van der Waals surface area contributed by atoms with Crippen molar-refractivity contribution in [3.05, 3.63) is 23.8 Å². The summed E-state index contributed by atoms with van der Waals surface area (Å²) in [5.41, 5.74) is 0.534. The van der Waals surface area contributed by atoms with Crippen LogP contribution in [0.1, 0.15) is 32.8 Å². The standard InChI is InChI=1S/C13H18O3/c1-13(2,3)12(16)7-5-9-4-6-10(14)11(15)8-9/h4,6,8,14-15H,5,7H2,1-3H3. The molecule has 0 fully saturated rings. The summed E-state index contributed by atoms with van der Waals surface area (Å²) in [6.45, 7) is 5.68. The molecule has 1 rings (SSSR count). The van der Waals surface area contributed by atoms with Gasteiger partial charge < -0.3 is 10.2 Å². The highest BCUT2D eigenvalue weighted by atomic mass is 16.3. The van der Waals surface area contributed by atoms with Gasteiger partial charge in [0.15, 0.2) is 11.5 Å². The van der Waals surface area contributed by atoms with Crippen molar-refractivity contribution in [3.8, 4) is 11.5 Å². The summed E-state index contributed by atoms with van der Waals surface area (Å²) in [6.07, 6.45) is 1.04. The van der Waals surface area contributed by atoms with E-state index in [1.807, 2.05) is 20.8 Å². The van der Waals surface area contributed by atoms with Gasteiger partial charge in [-0.05, 0) is 24.1 Å². The minimum atomic E-state index is -0.320. The summed E-state index contributed by atoms with van der Waals surface area (Å²) >= 11 is 0. The second kappa shape index (κ2) is 4.56. The average molecular weight is 222 g/mol. The minimum absolute atomic E-state index is 0.133. The van der Waals surface area contributed by atoms with Gasteiger partial charge >= 0.3 is 0 Å². The molecule has 3 nitrogen and oxygen atoms in total. The van der Waals surface area contributed by atoms with Crippen LogP contribution in [-0.2, 0) is 11.2 Å². The van der Waals surface area contributed by atoms with Crippen LogP contribution in [0.3, 0.4) is 0 Å². The first-order valence-corrected chi connectivity index (χ1v) is 5.35. The molecule has 16 heavy (non-hydrogen) atoms. The van der Waals surface area contributed by atoms with Crippen LogP contribution in [0.25, 0.3) is 0 Å². The first-order chi connectivity index (χ1) is 7.30. The summed E-state index contributed by atoms with van der Waals surface area (Å²) in [4.78, 5) is 11.7. The van der Waals surface area contributed by atoms with Crippen LogP contribution >= 0.6 is 0 Å². The van der Waals surface area contributed by atoms with Gasteiger partial charge in [-0.3, -0.25) is 4.79 Å². The molecule has 0 aliphatic heterocycles. The highest BCUT2D eigenvalue weighted by molar-refractivity contribution is 5.83. The van der Waals surface area contributed by atoms with Crippen LogP contribution in [0.4, 0.5) is 0 Å². The molecule has 0 aliphatic carbocycles. The zero-order valence-corrected chi connectivity index (χ0v) is 9.95. The van der Waals surface area contributed by atoms with E-state index in [4.69, 9.17) is 5.11 Å². The fourth-order valence-corrected chi connectivity index (χ4v) is 1.36. The molecule has 0 aromatic heterocycles. The molecule has 0 radical (unpaired) electrons. The first kappa shape index (κ1) is 12.6. The highest BCUT2D eigenvalue weighted by Crippen LogP contribution is 2.26. The molecule has 0 aliphatic rings. The molecular weight excluding hydrogens is 204 g/mol. The lowest BCUT2D eigenvalue weighted by Crippen LogP contribution is -2.20. The molecule has 2 N–H and O–H groups in total. The molecule has 0 atom stereocenters. The Morgan fingerprint density at radius 3 is 2.31 bits per heavy atom. The maximum absolute atomic E-state index is 11.7. The number of phenolic OH excluding ortho intramolecular Hbond substituents is 2. The second-order valence-corrected chi connectivity index (χ2v) is 5.00. The number of rotatable bonds is 3. The van der Waals surface area contributed by atoms with E-state index in [0.29, 0.717) is 12.8 Å². The number of benzene rings is 1. The first-order valence-electron chi connectivity index (χ1n) is 5.35. The Balaban J connectivity index is 2.62.